The fourth-order valence-corrected chi connectivity index (χ4v) is 2.66. The third-order valence-electron chi connectivity index (χ3n) is 3.85. The maximum atomic E-state index is 12.0. The minimum Gasteiger partial charge on any atom is -0.465 e. The van der Waals surface area contributed by atoms with Crippen molar-refractivity contribution < 1.29 is 14.3 Å². The minimum atomic E-state index is 0.000804. The monoisotopic (exact) mass is 275 g/mol. The van der Waals surface area contributed by atoms with E-state index in [-0.39, 0.29) is 17.9 Å². The first-order valence-corrected chi connectivity index (χ1v) is 7.20. The van der Waals surface area contributed by atoms with E-state index in [9.17, 15) is 9.59 Å². The Morgan fingerprint density at radius 3 is 2.55 bits per heavy atom. The largest absolute Gasteiger partial charge is 0.465 e. The summed E-state index contributed by atoms with van der Waals surface area (Å²) in [5.41, 5.74) is 1.23. The molecule has 4 heteroatoms. The summed E-state index contributed by atoms with van der Waals surface area (Å²) in [7, 11) is 0. The lowest BCUT2D eigenvalue weighted by Crippen LogP contribution is -2.35. The Hall–Kier alpha value is -1.84. The van der Waals surface area contributed by atoms with Crippen LogP contribution < -0.4 is 5.32 Å². The number of hydrogen-bond acceptors (Lipinski definition) is 3. The third kappa shape index (κ3) is 4.37. The van der Waals surface area contributed by atoms with Crippen LogP contribution >= 0.6 is 0 Å². The number of ether oxygens (including phenoxy) is 1. The van der Waals surface area contributed by atoms with Gasteiger partial charge in [0.05, 0.1) is 0 Å². The molecular formula is C16H21NO3. The van der Waals surface area contributed by atoms with E-state index in [0.29, 0.717) is 13.0 Å². The maximum Gasteiger partial charge on any atom is 0.293 e. The number of carbonyl (C=O) groups excluding carboxylic acids is 2. The lowest BCUT2D eigenvalue weighted by molar-refractivity contribution is -0.136. The minimum absolute atomic E-state index is 0.000804. The Balaban J connectivity index is 1.67. The zero-order valence-electron chi connectivity index (χ0n) is 11.6. The van der Waals surface area contributed by atoms with Crippen molar-refractivity contribution in [3.05, 3.63) is 35.9 Å². The molecule has 1 N–H and O–H groups in total. The molecule has 1 aliphatic rings. The Morgan fingerprint density at radius 2 is 1.90 bits per heavy atom. The number of nitrogens with one attached hydrogen (secondary N) is 1. The van der Waals surface area contributed by atoms with Crippen LogP contribution in [0, 0.1) is 5.92 Å². The topological polar surface area (TPSA) is 55.4 Å². The summed E-state index contributed by atoms with van der Waals surface area (Å²) in [6.07, 6.45) is 4.04. The molecule has 0 atom stereocenters. The van der Waals surface area contributed by atoms with Crippen LogP contribution in [0.1, 0.15) is 31.2 Å². The van der Waals surface area contributed by atoms with Gasteiger partial charge in [-0.05, 0) is 37.7 Å². The first kappa shape index (κ1) is 14.6. The Morgan fingerprint density at radius 1 is 1.20 bits per heavy atom. The predicted molar refractivity (Wildman–Crippen MR) is 76.1 cm³/mol. The van der Waals surface area contributed by atoms with Gasteiger partial charge in [-0.15, -0.1) is 0 Å². The van der Waals surface area contributed by atoms with Gasteiger partial charge in [-0.2, -0.15) is 0 Å². The number of carbonyl (C=O) groups is 2. The standard InChI is InChI=1S/C16H21NO3/c18-12-20-15-8-6-14(7-9-15)16(19)17-11-10-13-4-2-1-3-5-13/h1-5,12,14-15H,6-11H2,(H,17,19). The van der Waals surface area contributed by atoms with E-state index in [2.05, 4.69) is 17.4 Å². The number of hydrogen-bond donors (Lipinski definition) is 1. The van der Waals surface area contributed by atoms with E-state index < -0.39 is 0 Å². The fraction of sp³-hybridized carbons (Fsp3) is 0.500. The molecule has 0 unspecified atom stereocenters. The van der Waals surface area contributed by atoms with Crippen LogP contribution in [-0.4, -0.2) is 25.0 Å². The molecule has 1 aromatic rings. The Labute approximate surface area is 119 Å². The average Bonchev–Trinajstić information content (AvgIpc) is 2.49. The zero-order chi connectivity index (χ0) is 14.2. The van der Waals surface area contributed by atoms with Crippen molar-refractivity contribution >= 4 is 12.4 Å². The molecular weight excluding hydrogens is 254 g/mol. The summed E-state index contributed by atoms with van der Waals surface area (Å²) < 4.78 is 4.94. The summed E-state index contributed by atoms with van der Waals surface area (Å²) in [4.78, 5) is 22.3. The first-order valence-electron chi connectivity index (χ1n) is 7.20. The van der Waals surface area contributed by atoms with Crippen molar-refractivity contribution in [2.24, 2.45) is 5.92 Å². The Bertz CT molecular complexity index is 425. The van der Waals surface area contributed by atoms with E-state index in [1.54, 1.807) is 0 Å². The van der Waals surface area contributed by atoms with Gasteiger partial charge in [-0.1, -0.05) is 30.3 Å². The molecule has 1 aliphatic carbocycles. The van der Waals surface area contributed by atoms with E-state index in [1.165, 1.54) is 5.56 Å². The van der Waals surface area contributed by atoms with Gasteiger partial charge in [0.2, 0.25) is 5.91 Å². The van der Waals surface area contributed by atoms with Crippen LogP contribution in [0.25, 0.3) is 0 Å². The number of amides is 1. The summed E-state index contributed by atoms with van der Waals surface area (Å²) >= 11 is 0. The molecule has 4 nitrogen and oxygen atoms in total. The average molecular weight is 275 g/mol. The van der Waals surface area contributed by atoms with Gasteiger partial charge in [0.25, 0.3) is 6.47 Å². The second-order valence-electron chi connectivity index (χ2n) is 5.23. The molecule has 20 heavy (non-hydrogen) atoms. The molecule has 2 rings (SSSR count). The molecule has 0 aliphatic heterocycles. The second-order valence-corrected chi connectivity index (χ2v) is 5.23. The van der Waals surface area contributed by atoms with Crippen molar-refractivity contribution in [3.63, 3.8) is 0 Å². The van der Waals surface area contributed by atoms with Crippen LogP contribution in [0.4, 0.5) is 0 Å². The first-order chi connectivity index (χ1) is 9.79. The SMILES string of the molecule is O=COC1CCC(C(=O)NCCc2ccccc2)CC1. The second kappa shape index (κ2) is 7.68. The highest BCUT2D eigenvalue weighted by atomic mass is 16.5. The third-order valence-corrected chi connectivity index (χ3v) is 3.85. The van der Waals surface area contributed by atoms with Crippen molar-refractivity contribution in [3.8, 4) is 0 Å². The summed E-state index contributed by atoms with van der Waals surface area (Å²) in [5.74, 6) is 0.197. The smallest absolute Gasteiger partial charge is 0.293 e. The summed E-state index contributed by atoms with van der Waals surface area (Å²) in [6, 6.07) is 10.1. The molecule has 0 radical (unpaired) electrons. The van der Waals surface area contributed by atoms with Gasteiger partial charge in [-0.25, -0.2) is 0 Å². The Kier molecular flexibility index (Phi) is 5.59. The van der Waals surface area contributed by atoms with Gasteiger partial charge in [0, 0.05) is 12.5 Å². The van der Waals surface area contributed by atoms with Crippen molar-refractivity contribution in [1.29, 1.82) is 0 Å². The molecule has 108 valence electrons. The molecule has 1 amide bonds. The predicted octanol–water partition coefficient (Wildman–Crippen LogP) is 2.08. The van der Waals surface area contributed by atoms with Crippen LogP contribution in [-0.2, 0) is 20.7 Å². The van der Waals surface area contributed by atoms with Crippen LogP contribution in [0.5, 0.6) is 0 Å². The molecule has 1 aromatic carbocycles. The van der Waals surface area contributed by atoms with E-state index in [1.807, 2.05) is 18.2 Å². The van der Waals surface area contributed by atoms with E-state index in [0.717, 1.165) is 32.1 Å². The van der Waals surface area contributed by atoms with Gasteiger partial charge >= 0.3 is 0 Å². The highest BCUT2D eigenvalue weighted by molar-refractivity contribution is 5.78. The van der Waals surface area contributed by atoms with Gasteiger partial charge in [0.1, 0.15) is 6.10 Å². The normalized spacial score (nSPS) is 22.0. The fourth-order valence-electron chi connectivity index (χ4n) is 2.66. The van der Waals surface area contributed by atoms with Crippen molar-refractivity contribution in [1.82, 2.24) is 5.32 Å². The van der Waals surface area contributed by atoms with E-state index >= 15 is 0 Å². The molecule has 0 aromatic heterocycles. The summed E-state index contributed by atoms with van der Waals surface area (Å²) in [6.45, 7) is 1.18. The number of rotatable bonds is 6. The molecule has 1 saturated carbocycles. The zero-order valence-corrected chi connectivity index (χ0v) is 11.6. The number of benzene rings is 1. The lowest BCUT2D eigenvalue weighted by atomic mass is 9.87. The van der Waals surface area contributed by atoms with Crippen molar-refractivity contribution in [2.75, 3.05) is 6.54 Å². The maximum absolute atomic E-state index is 12.0. The molecule has 0 bridgehead atoms. The quantitative estimate of drug-likeness (QED) is 0.809. The van der Waals surface area contributed by atoms with Gasteiger partial charge in [-0.3, -0.25) is 9.59 Å². The lowest BCUT2D eigenvalue weighted by Gasteiger charge is -2.26. The molecule has 0 heterocycles. The van der Waals surface area contributed by atoms with Gasteiger partial charge in [0.15, 0.2) is 0 Å². The molecule has 0 saturated heterocycles. The van der Waals surface area contributed by atoms with E-state index in [4.69, 9.17) is 4.74 Å². The highest BCUT2D eigenvalue weighted by Crippen LogP contribution is 2.25. The van der Waals surface area contributed by atoms with Crippen LogP contribution in [0.2, 0.25) is 0 Å². The molecule has 1 fully saturated rings. The van der Waals surface area contributed by atoms with Crippen LogP contribution in [0.3, 0.4) is 0 Å². The van der Waals surface area contributed by atoms with Crippen LogP contribution in [0.15, 0.2) is 30.3 Å². The van der Waals surface area contributed by atoms with Gasteiger partial charge < -0.3 is 10.1 Å². The highest BCUT2D eigenvalue weighted by Gasteiger charge is 2.26. The molecule has 0 spiro atoms. The van der Waals surface area contributed by atoms with Crippen molar-refractivity contribution in [2.45, 2.75) is 38.2 Å². The summed E-state index contributed by atoms with van der Waals surface area (Å²) in [5, 5.41) is 3.00.